The largest absolute Gasteiger partial charge is 0.493 e. The summed E-state index contributed by atoms with van der Waals surface area (Å²) in [7, 11) is 1.54. The lowest BCUT2D eigenvalue weighted by molar-refractivity contribution is -0.122. The van der Waals surface area contributed by atoms with Gasteiger partial charge in [0.2, 0.25) is 0 Å². The summed E-state index contributed by atoms with van der Waals surface area (Å²) in [4.78, 5) is 27.2. The first-order chi connectivity index (χ1) is 16.8. The van der Waals surface area contributed by atoms with Crippen LogP contribution in [0.25, 0.3) is 6.08 Å². The lowest BCUT2D eigenvalue weighted by Crippen LogP contribution is -2.54. The van der Waals surface area contributed by atoms with Gasteiger partial charge in [0.25, 0.3) is 11.8 Å². The van der Waals surface area contributed by atoms with Gasteiger partial charge < -0.3 is 9.47 Å². The van der Waals surface area contributed by atoms with Gasteiger partial charge in [-0.05, 0) is 95.3 Å². The minimum atomic E-state index is -0.555. The molecule has 2 amide bonds. The Labute approximate surface area is 227 Å². The molecule has 0 bridgehead atoms. The first kappa shape index (κ1) is 25.2. The third kappa shape index (κ3) is 5.66. The average Bonchev–Trinajstić information content (AvgIpc) is 2.83. The molecule has 178 valence electrons. The van der Waals surface area contributed by atoms with Gasteiger partial charge in [0.15, 0.2) is 16.6 Å². The van der Waals surface area contributed by atoms with Crippen LogP contribution in [0.3, 0.4) is 0 Å². The number of benzene rings is 3. The Morgan fingerprint density at radius 2 is 1.77 bits per heavy atom. The maximum Gasteiger partial charge on any atom is 0.270 e. The van der Waals surface area contributed by atoms with Gasteiger partial charge in [0.1, 0.15) is 12.2 Å². The molecule has 0 unspecified atom stereocenters. The highest BCUT2D eigenvalue weighted by Gasteiger charge is 2.34. The number of thiocarbonyl (C=S) groups is 1. The summed E-state index contributed by atoms with van der Waals surface area (Å²) in [6, 6.07) is 18.2. The van der Waals surface area contributed by atoms with Crippen molar-refractivity contribution < 1.29 is 19.1 Å². The zero-order valence-electron chi connectivity index (χ0n) is 18.8. The SMILES string of the molecule is COc1cc(/C=C2/C(=O)NC(=S)N(c3ccc(C)cc3)C2=O)cc(I)c1OCc1ccc(Cl)cc1. The predicted molar refractivity (Wildman–Crippen MR) is 149 cm³/mol. The number of amides is 2. The summed E-state index contributed by atoms with van der Waals surface area (Å²) in [6.45, 7) is 2.28. The first-order valence-corrected chi connectivity index (χ1v) is 12.4. The van der Waals surface area contributed by atoms with Crippen molar-refractivity contribution in [3.8, 4) is 11.5 Å². The molecule has 0 saturated carbocycles. The van der Waals surface area contributed by atoms with Gasteiger partial charge in [-0.3, -0.25) is 19.8 Å². The number of anilines is 1. The zero-order chi connectivity index (χ0) is 25.1. The topological polar surface area (TPSA) is 67.9 Å². The molecule has 0 atom stereocenters. The maximum absolute atomic E-state index is 13.3. The van der Waals surface area contributed by atoms with Crippen molar-refractivity contribution in [1.82, 2.24) is 5.32 Å². The van der Waals surface area contributed by atoms with Crippen LogP contribution in [0, 0.1) is 10.5 Å². The molecule has 1 saturated heterocycles. The Kier molecular flexibility index (Phi) is 7.73. The van der Waals surface area contributed by atoms with Crippen molar-refractivity contribution in [3.05, 3.63) is 91.5 Å². The van der Waals surface area contributed by atoms with Crippen molar-refractivity contribution in [2.45, 2.75) is 13.5 Å². The van der Waals surface area contributed by atoms with E-state index in [2.05, 4.69) is 27.9 Å². The molecule has 1 aliphatic heterocycles. The molecule has 0 spiro atoms. The van der Waals surface area contributed by atoms with Gasteiger partial charge in [-0.1, -0.05) is 41.4 Å². The Bertz CT molecular complexity index is 1340. The summed E-state index contributed by atoms with van der Waals surface area (Å²) in [5, 5.41) is 3.30. The van der Waals surface area contributed by atoms with Crippen LogP contribution in [0.2, 0.25) is 5.02 Å². The van der Waals surface area contributed by atoms with Crippen LogP contribution in [0.5, 0.6) is 11.5 Å². The summed E-state index contributed by atoms with van der Waals surface area (Å²) in [5.41, 5.74) is 3.15. The predicted octanol–water partition coefficient (Wildman–Crippen LogP) is 5.67. The second kappa shape index (κ2) is 10.8. The first-order valence-electron chi connectivity index (χ1n) is 10.5. The smallest absolute Gasteiger partial charge is 0.270 e. The van der Waals surface area contributed by atoms with E-state index in [0.29, 0.717) is 34.4 Å². The van der Waals surface area contributed by atoms with Crippen LogP contribution < -0.4 is 19.7 Å². The average molecular weight is 619 g/mol. The van der Waals surface area contributed by atoms with E-state index >= 15 is 0 Å². The molecule has 0 radical (unpaired) electrons. The fourth-order valence-electron chi connectivity index (χ4n) is 3.45. The van der Waals surface area contributed by atoms with E-state index < -0.39 is 11.8 Å². The Morgan fingerprint density at radius 3 is 2.43 bits per heavy atom. The highest BCUT2D eigenvalue weighted by Crippen LogP contribution is 2.35. The highest BCUT2D eigenvalue weighted by molar-refractivity contribution is 14.1. The molecule has 3 aromatic rings. The van der Waals surface area contributed by atoms with E-state index in [0.717, 1.165) is 14.7 Å². The lowest BCUT2D eigenvalue weighted by Gasteiger charge is -2.29. The molecule has 9 heteroatoms. The van der Waals surface area contributed by atoms with Gasteiger partial charge in [0, 0.05) is 5.02 Å². The van der Waals surface area contributed by atoms with Gasteiger partial charge in [-0.2, -0.15) is 0 Å². The second-order valence-electron chi connectivity index (χ2n) is 7.74. The third-order valence-electron chi connectivity index (χ3n) is 5.25. The van der Waals surface area contributed by atoms with Gasteiger partial charge >= 0.3 is 0 Å². The number of carbonyl (C=O) groups is 2. The molecule has 0 aromatic heterocycles. The van der Waals surface area contributed by atoms with E-state index in [-0.39, 0.29) is 10.7 Å². The number of methoxy groups -OCH3 is 1. The van der Waals surface area contributed by atoms with Gasteiger partial charge in [-0.15, -0.1) is 0 Å². The van der Waals surface area contributed by atoms with E-state index in [9.17, 15) is 9.59 Å². The molecular weight excluding hydrogens is 599 g/mol. The molecular formula is C26H20ClIN2O4S. The quantitative estimate of drug-likeness (QED) is 0.167. The molecule has 35 heavy (non-hydrogen) atoms. The molecule has 1 N–H and O–H groups in total. The second-order valence-corrected chi connectivity index (χ2v) is 9.73. The minimum Gasteiger partial charge on any atom is -0.493 e. The van der Waals surface area contributed by atoms with Crippen molar-refractivity contribution >= 4 is 75.1 Å². The Balaban J connectivity index is 1.63. The normalized spacial score (nSPS) is 14.8. The molecule has 1 aliphatic rings. The number of nitrogens with one attached hydrogen (secondary N) is 1. The summed E-state index contributed by atoms with van der Waals surface area (Å²) < 4.78 is 12.3. The van der Waals surface area contributed by atoms with E-state index in [1.807, 2.05) is 37.3 Å². The zero-order valence-corrected chi connectivity index (χ0v) is 22.5. The monoisotopic (exact) mass is 618 g/mol. The van der Waals surface area contributed by atoms with Crippen LogP contribution in [-0.4, -0.2) is 24.0 Å². The van der Waals surface area contributed by atoms with Crippen molar-refractivity contribution in [1.29, 1.82) is 0 Å². The Morgan fingerprint density at radius 1 is 1.09 bits per heavy atom. The number of aryl methyl sites for hydroxylation is 1. The summed E-state index contributed by atoms with van der Waals surface area (Å²) in [5.74, 6) is -0.0144. The fourth-order valence-corrected chi connectivity index (χ4v) is 4.64. The minimum absolute atomic E-state index is 0.0353. The van der Waals surface area contributed by atoms with Gasteiger partial charge in [0.05, 0.1) is 16.4 Å². The number of halogens is 2. The van der Waals surface area contributed by atoms with Crippen molar-refractivity contribution in [2.75, 3.05) is 12.0 Å². The summed E-state index contributed by atoms with van der Waals surface area (Å²) >= 11 is 13.4. The van der Waals surface area contributed by atoms with E-state index in [4.69, 9.17) is 33.3 Å². The Hall–Kier alpha value is -2.95. The van der Waals surface area contributed by atoms with Crippen LogP contribution in [0.1, 0.15) is 16.7 Å². The molecule has 1 heterocycles. The van der Waals surface area contributed by atoms with Crippen LogP contribution in [0.4, 0.5) is 5.69 Å². The molecule has 0 aliphatic carbocycles. The third-order valence-corrected chi connectivity index (χ3v) is 6.59. The number of carbonyl (C=O) groups excluding carboxylic acids is 2. The maximum atomic E-state index is 13.3. The number of ether oxygens (including phenoxy) is 2. The van der Waals surface area contributed by atoms with Crippen LogP contribution in [0.15, 0.2) is 66.2 Å². The van der Waals surface area contributed by atoms with E-state index in [1.54, 1.807) is 30.3 Å². The number of nitrogens with zero attached hydrogens (tertiary/aromatic N) is 1. The highest BCUT2D eigenvalue weighted by atomic mass is 127. The standard InChI is InChI=1S/C26H20ClIN2O4S/c1-15-3-9-19(10-4-15)30-25(32)20(24(31)29-26(30)35)11-17-12-21(28)23(22(13-17)33-2)34-14-16-5-7-18(27)8-6-16/h3-13H,14H2,1-2H3,(H,29,31,35)/b20-11-. The molecule has 3 aromatic carbocycles. The number of rotatable bonds is 6. The lowest BCUT2D eigenvalue weighted by atomic mass is 10.1. The summed E-state index contributed by atoms with van der Waals surface area (Å²) in [6.07, 6.45) is 1.52. The van der Waals surface area contributed by atoms with Gasteiger partial charge in [-0.25, -0.2) is 0 Å². The molecule has 4 rings (SSSR count). The van der Waals surface area contributed by atoms with Crippen LogP contribution in [-0.2, 0) is 16.2 Å². The van der Waals surface area contributed by atoms with Crippen LogP contribution >= 0.6 is 46.4 Å². The van der Waals surface area contributed by atoms with Crippen molar-refractivity contribution in [2.24, 2.45) is 0 Å². The molecule has 1 fully saturated rings. The number of hydrogen-bond acceptors (Lipinski definition) is 5. The van der Waals surface area contributed by atoms with Crippen molar-refractivity contribution in [3.63, 3.8) is 0 Å². The van der Waals surface area contributed by atoms with E-state index in [1.165, 1.54) is 18.1 Å². The fraction of sp³-hybridized carbons (Fsp3) is 0.115. The molecule has 6 nitrogen and oxygen atoms in total. The number of hydrogen-bond donors (Lipinski definition) is 1.